The average molecular weight is 313 g/mol. The number of rotatable bonds is 4. The third-order valence-corrected chi connectivity index (χ3v) is 5.02. The Bertz CT molecular complexity index is 610. The predicted molar refractivity (Wildman–Crippen MR) is 81.1 cm³/mol. The molecule has 2 aliphatic rings. The lowest BCUT2D eigenvalue weighted by Crippen LogP contribution is -2.38. The summed E-state index contributed by atoms with van der Waals surface area (Å²) in [5, 5.41) is 0.234. The van der Waals surface area contributed by atoms with Crippen molar-refractivity contribution in [1.29, 1.82) is 0 Å². The van der Waals surface area contributed by atoms with E-state index in [1.54, 1.807) is 0 Å². The lowest BCUT2D eigenvalue weighted by molar-refractivity contribution is 0.183. The summed E-state index contributed by atoms with van der Waals surface area (Å²) < 4.78 is 6.65. The number of nitrogens with zero attached hydrogens (tertiary/aromatic N) is 1. The van der Waals surface area contributed by atoms with Gasteiger partial charge in [0.15, 0.2) is 0 Å². The van der Waals surface area contributed by atoms with Crippen LogP contribution in [0.5, 0.6) is 0 Å². The van der Waals surface area contributed by atoms with Gasteiger partial charge in [0.25, 0.3) is 5.56 Å². The van der Waals surface area contributed by atoms with E-state index in [1.807, 2.05) is 0 Å². The van der Waals surface area contributed by atoms with E-state index in [2.05, 4.69) is 4.98 Å². The van der Waals surface area contributed by atoms with Gasteiger partial charge in [-0.2, -0.15) is 0 Å². The normalized spacial score (nSPS) is 23.0. The molecule has 2 heterocycles. The van der Waals surface area contributed by atoms with E-state index in [0.717, 1.165) is 51.7 Å². The summed E-state index contributed by atoms with van der Waals surface area (Å²) in [5.41, 5.74) is 0.0108. The van der Waals surface area contributed by atoms with E-state index in [9.17, 15) is 9.59 Å². The lowest BCUT2D eigenvalue weighted by atomic mass is 10.0. The Morgan fingerprint density at radius 3 is 2.67 bits per heavy atom. The topological polar surface area (TPSA) is 64.1 Å². The molecule has 1 aliphatic carbocycles. The number of hydrogen-bond donors (Lipinski definition) is 1. The summed E-state index contributed by atoms with van der Waals surface area (Å²) in [6.45, 7) is 1.96. The van der Waals surface area contributed by atoms with Gasteiger partial charge in [-0.15, -0.1) is 0 Å². The Hall–Kier alpha value is -1.07. The van der Waals surface area contributed by atoms with Crippen molar-refractivity contribution in [2.45, 2.75) is 51.0 Å². The summed E-state index contributed by atoms with van der Waals surface area (Å²) in [4.78, 5) is 27.3. The molecule has 1 saturated heterocycles. The zero-order valence-electron chi connectivity index (χ0n) is 12.1. The highest BCUT2D eigenvalue weighted by Gasteiger charge is 2.25. The van der Waals surface area contributed by atoms with Crippen molar-refractivity contribution in [3.63, 3.8) is 0 Å². The molecule has 1 aliphatic heterocycles. The number of hydrogen-bond acceptors (Lipinski definition) is 3. The van der Waals surface area contributed by atoms with Crippen LogP contribution in [0.25, 0.3) is 0 Å². The number of H-pyrrole nitrogens is 1. The standard InChI is InChI=1S/C15H21ClN2O3/c16-13-12(11-3-1-2-4-11)14(19)18(15(20)17-13)7-5-10-6-8-21-9-10/h10-11H,1-9H2,(H,17,20). The second kappa shape index (κ2) is 6.36. The predicted octanol–water partition coefficient (Wildman–Crippen LogP) is 2.27. The van der Waals surface area contributed by atoms with Crippen LogP contribution in [0.4, 0.5) is 0 Å². The van der Waals surface area contributed by atoms with Gasteiger partial charge in [0, 0.05) is 19.8 Å². The molecule has 21 heavy (non-hydrogen) atoms. The fourth-order valence-corrected chi connectivity index (χ4v) is 3.77. The second-order valence-electron chi connectivity index (χ2n) is 6.11. The molecule has 3 rings (SSSR count). The molecule has 1 aromatic rings. The smallest absolute Gasteiger partial charge is 0.329 e. The Morgan fingerprint density at radius 2 is 2.00 bits per heavy atom. The fourth-order valence-electron chi connectivity index (χ4n) is 3.45. The number of aromatic nitrogens is 2. The molecule has 1 atom stereocenters. The van der Waals surface area contributed by atoms with Crippen LogP contribution in [0.15, 0.2) is 9.59 Å². The quantitative estimate of drug-likeness (QED) is 0.867. The Balaban J connectivity index is 1.86. The molecule has 0 aromatic carbocycles. The zero-order chi connectivity index (χ0) is 14.8. The van der Waals surface area contributed by atoms with Crippen LogP contribution in [0.2, 0.25) is 5.15 Å². The number of nitrogens with one attached hydrogen (secondary N) is 1. The van der Waals surface area contributed by atoms with E-state index < -0.39 is 5.69 Å². The van der Waals surface area contributed by atoms with Gasteiger partial charge in [0.1, 0.15) is 5.15 Å². The summed E-state index contributed by atoms with van der Waals surface area (Å²) >= 11 is 6.13. The molecule has 2 fully saturated rings. The van der Waals surface area contributed by atoms with Crippen molar-refractivity contribution >= 4 is 11.6 Å². The summed E-state index contributed by atoms with van der Waals surface area (Å²) in [5.74, 6) is 0.643. The number of ether oxygens (including phenoxy) is 1. The van der Waals surface area contributed by atoms with Crippen molar-refractivity contribution in [2.24, 2.45) is 5.92 Å². The van der Waals surface area contributed by atoms with E-state index in [1.165, 1.54) is 4.57 Å². The van der Waals surface area contributed by atoms with Crippen LogP contribution in [-0.2, 0) is 11.3 Å². The third-order valence-electron chi connectivity index (χ3n) is 4.72. The molecule has 0 spiro atoms. The third kappa shape index (κ3) is 3.09. The molecule has 5 nitrogen and oxygen atoms in total. The monoisotopic (exact) mass is 312 g/mol. The van der Waals surface area contributed by atoms with Crippen LogP contribution in [0, 0.1) is 5.92 Å². The molecule has 0 radical (unpaired) electrons. The Labute approximate surface area is 128 Å². The van der Waals surface area contributed by atoms with Crippen LogP contribution >= 0.6 is 11.6 Å². The Morgan fingerprint density at radius 1 is 1.24 bits per heavy atom. The highest BCUT2D eigenvalue weighted by atomic mass is 35.5. The van der Waals surface area contributed by atoms with Crippen molar-refractivity contribution < 1.29 is 4.74 Å². The second-order valence-corrected chi connectivity index (χ2v) is 6.49. The molecular weight excluding hydrogens is 292 g/mol. The van der Waals surface area contributed by atoms with Crippen LogP contribution in [0.3, 0.4) is 0 Å². The minimum absolute atomic E-state index is 0.197. The summed E-state index contributed by atoms with van der Waals surface area (Å²) in [6.07, 6.45) is 6.03. The molecule has 1 saturated carbocycles. The van der Waals surface area contributed by atoms with Crippen molar-refractivity contribution in [1.82, 2.24) is 9.55 Å². The van der Waals surface area contributed by atoms with Crippen LogP contribution in [-0.4, -0.2) is 22.8 Å². The molecule has 116 valence electrons. The van der Waals surface area contributed by atoms with Gasteiger partial charge >= 0.3 is 5.69 Å². The first-order valence-corrected chi connectivity index (χ1v) is 8.15. The Kier molecular flexibility index (Phi) is 4.50. The maximum absolute atomic E-state index is 12.6. The molecule has 6 heteroatoms. The number of aromatic amines is 1. The zero-order valence-corrected chi connectivity index (χ0v) is 12.8. The molecular formula is C15H21ClN2O3. The van der Waals surface area contributed by atoms with Gasteiger partial charge in [-0.25, -0.2) is 4.79 Å². The van der Waals surface area contributed by atoms with Gasteiger partial charge in [-0.05, 0) is 37.5 Å². The average Bonchev–Trinajstić information content (AvgIpc) is 3.10. The molecule has 1 N–H and O–H groups in total. The van der Waals surface area contributed by atoms with Crippen LogP contribution < -0.4 is 11.2 Å². The van der Waals surface area contributed by atoms with Crippen molar-refractivity contribution in [2.75, 3.05) is 13.2 Å². The maximum Gasteiger partial charge on any atom is 0.329 e. The van der Waals surface area contributed by atoms with Crippen molar-refractivity contribution in [3.05, 3.63) is 31.6 Å². The molecule has 0 amide bonds. The van der Waals surface area contributed by atoms with Gasteiger partial charge in [0.2, 0.25) is 0 Å². The maximum atomic E-state index is 12.6. The van der Waals surface area contributed by atoms with Crippen LogP contribution in [0.1, 0.15) is 50.0 Å². The first kappa shape index (κ1) is 14.9. The fraction of sp³-hybridized carbons (Fsp3) is 0.733. The first-order chi connectivity index (χ1) is 10.2. The van der Waals surface area contributed by atoms with E-state index in [4.69, 9.17) is 16.3 Å². The van der Waals surface area contributed by atoms with Gasteiger partial charge in [-0.3, -0.25) is 14.3 Å². The summed E-state index contributed by atoms with van der Waals surface area (Å²) in [7, 11) is 0. The molecule has 1 aromatic heterocycles. The SMILES string of the molecule is O=c1[nH]c(Cl)c(C2CCCC2)c(=O)n1CCC1CCOC1. The van der Waals surface area contributed by atoms with Gasteiger partial charge in [-0.1, -0.05) is 24.4 Å². The van der Waals surface area contributed by atoms with Gasteiger partial charge in [0.05, 0.1) is 5.56 Å². The van der Waals surface area contributed by atoms with Gasteiger partial charge < -0.3 is 4.74 Å². The van der Waals surface area contributed by atoms with E-state index in [0.29, 0.717) is 18.0 Å². The molecule has 1 unspecified atom stereocenters. The largest absolute Gasteiger partial charge is 0.381 e. The minimum Gasteiger partial charge on any atom is -0.381 e. The first-order valence-electron chi connectivity index (χ1n) is 7.77. The van der Waals surface area contributed by atoms with Crippen molar-refractivity contribution in [3.8, 4) is 0 Å². The summed E-state index contributed by atoms with van der Waals surface area (Å²) in [6, 6.07) is 0. The van der Waals surface area contributed by atoms with E-state index in [-0.39, 0.29) is 16.6 Å². The number of halogens is 1. The highest BCUT2D eigenvalue weighted by Crippen LogP contribution is 2.34. The highest BCUT2D eigenvalue weighted by molar-refractivity contribution is 6.30. The minimum atomic E-state index is -0.398. The lowest BCUT2D eigenvalue weighted by Gasteiger charge is -2.14. The van der Waals surface area contributed by atoms with E-state index >= 15 is 0 Å². The molecule has 0 bridgehead atoms.